The molecule has 0 N–H and O–H groups in total. The molecule has 0 bridgehead atoms. The van der Waals surface area contributed by atoms with Crippen molar-refractivity contribution in [1.29, 1.82) is 0 Å². The van der Waals surface area contributed by atoms with Gasteiger partial charge in [-0.2, -0.15) is 0 Å². The Morgan fingerprint density at radius 2 is 1.75 bits per heavy atom. The lowest BCUT2D eigenvalue weighted by atomic mass is 10.2. The second-order valence-corrected chi connectivity index (χ2v) is 7.98. The van der Waals surface area contributed by atoms with E-state index < -0.39 is 15.1 Å². The fraction of sp³-hybridized carbons (Fsp3) is 0.278. The molecule has 5 nitrogen and oxygen atoms in total. The van der Waals surface area contributed by atoms with Gasteiger partial charge in [-0.3, -0.25) is 4.79 Å². The molecular formula is C18H19NO4S. The van der Waals surface area contributed by atoms with Crippen molar-refractivity contribution in [2.24, 2.45) is 0 Å². The number of ether oxygens (including phenoxy) is 1. The minimum Gasteiger partial charge on any atom is -0.497 e. The van der Waals surface area contributed by atoms with E-state index in [0.717, 1.165) is 0 Å². The number of sulfone groups is 1. The van der Waals surface area contributed by atoms with Crippen molar-refractivity contribution >= 4 is 15.7 Å². The van der Waals surface area contributed by atoms with Gasteiger partial charge in [0.1, 0.15) is 5.75 Å². The third-order valence-electron chi connectivity index (χ3n) is 4.28. The molecule has 2 aromatic rings. The third kappa shape index (κ3) is 3.14. The van der Waals surface area contributed by atoms with Crippen molar-refractivity contribution in [3.05, 3.63) is 60.2 Å². The minimum atomic E-state index is -3.41. The Morgan fingerprint density at radius 3 is 2.38 bits per heavy atom. The van der Waals surface area contributed by atoms with Crippen molar-refractivity contribution in [2.75, 3.05) is 20.2 Å². The van der Waals surface area contributed by atoms with Crippen molar-refractivity contribution in [3.63, 3.8) is 0 Å². The minimum absolute atomic E-state index is 0.150. The molecule has 126 valence electrons. The zero-order valence-corrected chi connectivity index (χ0v) is 14.2. The van der Waals surface area contributed by atoms with Gasteiger partial charge in [-0.15, -0.1) is 0 Å². The van der Waals surface area contributed by atoms with Gasteiger partial charge in [0.25, 0.3) is 5.91 Å². The molecule has 1 unspecified atom stereocenters. The number of nitrogens with zero attached hydrogens (tertiary/aromatic N) is 1. The molecular weight excluding hydrogens is 326 g/mol. The van der Waals surface area contributed by atoms with E-state index in [1.54, 1.807) is 66.6 Å². The second kappa shape index (κ2) is 6.65. The standard InChI is InChI=1S/C18H19NO4S/c1-23-15-9-7-14(8-10-15)18(20)19-12-11-17(13-19)24(21,22)16-5-3-2-4-6-16/h2-10,17H,11-13H2,1H3. The number of rotatable bonds is 4. The molecule has 0 saturated carbocycles. The lowest BCUT2D eigenvalue weighted by Crippen LogP contribution is -2.31. The van der Waals surface area contributed by atoms with Crippen LogP contribution in [0.25, 0.3) is 0 Å². The summed E-state index contributed by atoms with van der Waals surface area (Å²) in [5.74, 6) is 0.529. The van der Waals surface area contributed by atoms with E-state index in [1.165, 1.54) is 0 Å². The first-order valence-corrected chi connectivity index (χ1v) is 9.29. The number of likely N-dealkylation sites (tertiary alicyclic amines) is 1. The van der Waals surface area contributed by atoms with Crippen LogP contribution in [-0.4, -0.2) is 44.7 Å². The summed E-state index contributed by atoms with van der Waals surface area (Å²) in [6.07, 6.45) is 0.457. The highest BCUT2D eigenvalue weighted by atomic mass is 32.2. The molecule has 0 radical (unpaired) electrons. The van der Waals surface area contributed by atoms with E-state index in [2.05, 4.69) is 0 Å². The maximum absolute atomic E-state index is 12.7. The quantitative estimate of drug-likeness (QED) is 0.853. The molecule has 1 aliphatic heterocycles. The number of benzene rings is 2. The summed E-state index contributed by atoms with van der Waals surface area (Å²) in [7, 11) is -1.85. The molecule has 0 aromatic heterocycles. The zero-order valence-electron chi connectivity index (χ0n) is 13.4. The Labute approximate surface area is 141 Å². The fourth-order valence-corrected chi connectivity index (χ4v) is 4.60. The van der Waals surface area contributed by atoms with Gasteiger partial charge in [-0.05, 0) is 42.8 Å². The van der Waals surface area contributed by atoms with Gasteiger partial charge in [0.15, 0.2) is 9.84 Å². The van der Waals surface area contributed by atoms with Crippen molar-refractivity contribution in [1.82, 2.24) is 4.90 Å². The van der Waals surface area contributed by atoms with Gasteiger partial charge < -0.3 is 9.64 Å². The van der Waals surface area contributed by atoms with E-state index in [0.29, 0.717) is 29.2 Å². The predicted molar refractivity (Wildman–Crippen MR) is 90.9 cm³/mol. The van der Waals surface area contributed by atoms with Crippen LogP contribution < -0.4 is 4.74 Å². The number of hydrogen-bond acceptors (Lipinski definition) is 4. The monoisotopic (exact) mass is 345 g/mol. The summed E-state index contributed by atoms with van der Waals surface area (Å²) < 4.78 is 30.4. The molecule has 1 fully saturated rings. The van der Waals surface area contributed by atoms with Crippen LogP contribution in [0.4, 0.5) is 0 Å². The van der Waals surface area contributed by atoms with E-state index in [4.69, 9.17) is 4.74 Å². The normalized spacial score (nSPS) is 17.7. The highest BCUT2D eigenvalue weighted by Gasteiger charge is 2.36. The molecule has 1 saturated heterocycles. The maximum atomic E-state index is 12.7. The maximum Gasteiger partial charge on any atom is 0.253 e. The van der Waals surface area contributed by atoms with Crippen LogP contribution in [0.15, 0.2) is 59.5 Å². The van der Waals surface area contributed by atoms with E-state index >= 15 is 0 Å². The molecule has 0 aliphatic carbocycles. The highest BCUT2D eigenvalue weighted by molar-refractivity contribution is 7.92. The average molecular weight is 345 g/mol. The molecule has 0 spiro atoms. The first kappa shape index (κ1) is 16.5. The number of carbonyl (C=O) groups excluding carboxylic acids is 1. The van der Waals surface area contributed by atoms with Gasteiger partial charge in [-0.1, -0.05) is 18.2 Å². The Kier molecular flexibility index (Phi) is 4.57. The number of hydrogen-bond donors (Lipinski definition) is 0. The molecule has 1 atom stereocenters. The summed E-state index contributed by atoms with van der Waals surface area (Å²) in [5.41, 5.74) is 0.536. The molecule has 1 heterocycles. The van der Waals surface area contributed by atoms with Crippen molar-refractivity contribution < 1.29 is 17.9 Å². The van der Waals surface area contributed by atoms with Crippen LogP contribution in [0, 0.1) is 0 Å². The second-order valence-electron chi connectivity index (χ2n) is 5.75. The summed E-state index contributed by atoms with van der Waals surface area (Å²) in [5, 5.41) is -0.554. The van der Waals surface area contributed by atoms with Crippen LogP contribution in [0.1, 0.15) is 16.8 Å². The van der Waals surface area contributed by atoms with Crippen molar-refractivity contribution in [3.8, 4) is 5.75 Å². The van der Waals surface area contributed by atoms with Crippen LogP contribution >= 0.6 is 0 Å². The smallest absolute Gasteiger partial charge is 0.253 e. The molecule has 1 amide bonds. The lowest BCUT2D eigenvalue weighted by Gasteiger charge is -2.17. The molecule has 2 aromatic carbocycles. The topological polar surface area (TPSA) is 63.7 Å². The summed E-state index contributed by atoms with van der Waals surface area (Å²) in [6, 6.07) is 15.2. The summed E-state index contributed by atoms with van der Waals surface area (Å²) >= 11 is 0. The molecule has 6 heteroatoms. The zero-order chi connectivity index (χ0) is 17.2. The Morgan fingerprint density at radius 1 is 1.08 bits per heavy atom. The molecule has 24 heavy (non-hydrogen) atoms. The van der Waals surface area contributed by atoms with Crippen LogP contribution in [0.2, 0.25) is 0 Å². The van der Waals surface area contributed by atoms with Crippen LogP contribution in [0.5, 0.6) is 5.75 Å². The van der Waals surface area contributed by atoms with Crippen molar-refractivity contribution in [2.45, 2.75) is 16.6 Å². The van der Waals surface area contributed by atoms with Crippen LogP contribution in [0.3, 0.4) is 0 Å². The SMILES string of the molecule is COc1ccc(C(=O)N2CCC(S(=O)(=O)c3ccccc3)C2)cc1. The summed E-state index contributed by atoms with van der Waals surface area (Å²) in [4.78, 5) is 14.5. The van der Waals surface area contributed by atoms with Gasteiger partial charge in [-0.25, -0.2) is 8.42 Å². The Balaban J connectivity index is 1.74. The molecule has 1 aliphatic rings. The number of methoxy groups -OCH3 is 1. The predicted octanol–water partition coefficient (Wildman–Crippen LogP) is 2.38. The van der Waals surface area contributed by atoms with Gasteiger partial charge in [0.2, 0.25) is 0 Å². The average Bonchev–Trinajstić information content (AvgIpc) is 3.13. The Hall–Kier alpha value is -2.34. The number of amides is 1. The van der Waals surface area contributed by atoms with Gasteiger partial charge >= 0.3 is 0 Å². The van der Waals surface area contributed by atoms with E-state index in [1.807, 2.05) is 0 Å². The molecule has 3 rings (SSSR count). The van der Waals surface area contributed by atoms with Gasteiger partial charge in [0.05, 0.1) is 17.3 Å². The van der Waals surface area contributed by atoms with Gasteiger partial charge in [0, 0.05) is 18.7 Å². The fourth-order valence-electron chi connectivity index (χ4n) is 2.88. The first-order valence-electron chi connectivity index (χ1n) is 7.74. The largest absolute Gasteiger partial charge is 0.497 e. The van der Waals surface area contributed by atoms with Crippen LogP contribution in [-0.2, 0) is 9.84 Å². The third-order valence-corrected chi connectivity index (χ3v) is 6.47. The highest BCUT2D eigenvalue weighted by Crippen LogP contribution is 2.25. The lowest BCUT2D eigenvalue weighted by molar-refractivity contribution is 0.0793. The van der Waals surface area contributed by atoms with E-state index in [-0.39, 0.29) is 12.5 Å². The van der Waals surface area contributed by atoms with E-state index in [9.17, 15) is 13.2 Å². The Bertz CT molecular complexity index is 816. The summed E-state index contributed by atoms with van der Waals surface area (Å²) in [6.45, 7) is 0.670. The number of carbonyl (C=O) groups is 1. The first-order chi connectivity index (χ1) is 11.5.